The summed E-state index contributed by atoms with van der Waals surface area (Å²) in [6.07, 6.45) is 3.69. The van der Waals surface area contributed by atoms with Crippen molar-refractivity contribution in [3.8, 4) is 0 Å². The Morgan fingerprint density at radius 2 is 2.00 bits per heavy atom. The molecule has 1 atom stereocenters. The molecule has 3 aromatic heterocycles. The third kappa shape index (κ3) is 3.25. The number of pyridine rings is 1. The number of hydrogen-bond acceptors (Lipinski definition) is 4. The highest BCUT2D eigenvalue weighted by Gasteiger charge is 2.23. The smallest absolute Gasteiger partial charge is 0.270 e. The van der Waals surface area contributed by atoms with Crippen LogP contribution in [-0.2, 0) is 6.54 Å². The van der Waals surface area contributed by atoms with Gasteiger partial charge >= 0.3 is 0 Å². The molecule has 3 heterocycles. The van der Waals surface area contributed by atoms with E-state index in [4.69, 9.17) is 0 Å². The molecule has 142 valence electrons. The Bertz CT molecular complexity index is 1060. The van der Waals surface area contributed by atoms with Crippen LogP contribution in [0.4, 0.5) is 0 Å². The first-order valence-corrected chi connectivity index (χ1v) is 9.20. The molecule has 0 aromatic carbocycles. The molecular formula is C20H25N5O2. The van der Waals surface area contributed by atoms with E-state index in [2.05, 4.69) is 15.4 Å². The van der Waals surface area contributed by atoms with Gasteiger partial charge in [0.2, 0.25) is 0 Å². The number of carbonyl (C=O) groups is 1. The summed E-state index contributed by atoms with van der Waals surface area (Å²) in [4.78, 5) is 29.9. The lowest BCUT2D eigenvalue weighted by molar-refractivity contribution is 0.0933. The molecule has 0 saturated carbocycles. The maximum absolute atomic E-state index is 12.8. The highest BCUT2D eigenvalue weighted by molar-refractivity contribution is 5.94. The van der Waals surface area contributed by atoms with Gasteiger partial charge < -0.3 is 5.32 Å². The van der Waals surface area contributed by atoms with Gasteiger partial charge in [-0.3, -0.25) is 18.7 Å². The lowest BCUT2D eigenvalue weighted by Gasteiger charge is -2.18. The molecule has 0 spiro atoms. The van der Waals surface area contributed by atoms with E-state index in [9.17, 15) is 9.59 Å². The van der Waals surface area contributed by atoms with Gasteiger partial charge in [-0.1, -0.05) is 13.0 Å². The first-order valence-electron chi connectivity index (χ1n) is 9.20. The van der Waals surface area contributed by atoms with Gasteiger partial charge in [-0.25, -0.2) is 4.98 Å². The summed E-state index contributed by atoms with van der Waals surface area (Å²) < 4.78 is 3.34. The molecule has 1 unspecified atom stereocenters. The average molecular weight is 367 g/mol. The Labute approximate surface area is 158 Å². The third-order valence-electron chi connectivity index (χ3n) is 4.97. The molecule has 7 heteroatoms. The van der Waals surface area contributed by atoms with Crippen LogP contribution in [0.5, 0.6) is 0 Å². The number of carbonyl (C=O) groups excluding carboxylic acids is 1. The first-order chi connectivity index (χ1) is 12.9. The Balaban J connectivity index is 1.97. The topological polar surface area (TPSA) is 81.3 Å². The standard InChI is InChI=1S/C20H25N5O2/c1-6-16(17-13(4)23-25(7-2)14(17)5)22-19(26)15-11-21-18-12(3)9-8-10-24(18)20(15)27/h8-11,16H,6-7H2,1-5H3,(H,22,26). The largest absolute Gasteiger partial charge is 0.345 e. The van der Waals surface area contributed by atoms with Crippen molar-refractivity contribution < 1.29 is 4.79 Å². The lowest BCUT2D eigenvalue weighted by Crippen LogP contribution is -2.34. The molecule has 0 aliphatic rings. The Kier molecular flexibility index (Phi) is 5.12. The van der Waals surface area contributed by atoms with Gasteiger partial charge in [0.1, 0.15) is 11.2 Å². The van der Waals surface area contributed by atoms with Crippen molar-refractivity contribution in [2.75, 3.05) is 0 Å². The Hall–Kier alpha value is -2.96. The maximum atomic E-state index is 12.8. The quantitative estimate of drug-likeness (QED) is 0.752. The molecule has 0 aliphatic carbocycles. The van der Waals surface area contributed by atoms with E-state index < -0.39 is 5.91 Å². The fraction of sp³-hybridized carbons (Fsp3) is 0.400. The second-order valence-corrected chi connectivity index (χ2v) is 6.70. The predicted molar refractivity (Wildman–Crippen MR) is 104 cm³/mol. The monoisotopic (exact) mass is 367 g/mol. The van der Waals surface area contributed by atoms with Crippen LogP contribution < -0.4 is 10.9 Å². The summed E-state index contributed by atoms with van der Waals surface area (Å²) in [6.45, 7) is 10.6. The van der Waals surface area contributed by atoms with E-state index >= 15 is 0 Å². The van der Waals surface area contributed by atoms with Crippen LogP contribution >= 0.6 is 0 Å². The molecule has 3 rings (SSSR count). The Morgan fingerprint density at radius 3 is 2.63 bits per heavy atom. The van der Waals surface area contributed by atoms with E-state index in [0.717, 1.165) is 29.1 Å². The van der Waals surface area contributed by atoms with Crippen LogP contribution in [0.15, 0.2) is 29.3 Å². The van der Waals surface area contributed by atoms with Gasteiger partial charge in [-0.15, -0.1) is 0 Å². The van der Waals surface area contributed by atoms with Crippen LogP contribution in [0.3, 0.4) is 0 Å². The fourth-order valence-electron chi connectivity index (χ4n) is 3.54. The van der Waals surface area contributed by atoms with Crippen LogP contribution in [-0.4, -0.2) is 25.1 Å². The van der Waals surface area contributed by atoms with E-state index in [0.29, 0.717) is 12.1 Å². The van der Waals surface area contributed by atoms with Gasteiger partial charge in [0.15, 0.2) is 0 Å². The number of aromatic nitrogens is 4. The molecular weight excluding hydrogens is 342 g/mol. The zero-order valence-electron chi connectivity index (χ0n) is 16.4. The molecule has 0 saturated heterocycles. The van der Waals surface area contributed by atoms with E-state index in [1.54, 1.807) is 12.3 Å². The number of hydrogen-bond donors (Lipinski definition) is 1. The van der Waals surface area contributed by atoms with Gasteiger partial charge in [0.05, 0.1) is 11.7 Å². The van der Waals surface area contributed by atoms with Crippen LogP contribution in [0.2, 0.25) is 0 Å². The van der Waals surface area contributed by atoms with Crippen molar-refractivity contribution in [3.05, 3.63) is 63.0 Å². The molecule has 27 heavy (non-hydrogen) atoms. The zero-order chi connectivity index (χ0) is 19.7. The van der Waals surface area contributed by atoms with Gasteiger partial charge in [0.25, 0.3) is 11.5 Å². The van der Waals surface area contributed by atoms with Crippen molar-refractivity contribution >= 4 is 11.6 Å². The highest BCUT2D eigenvalue weighted by atomic mass is 16.2. The number of nitrogens with zero attached hydrogens (tertiary/aromatic N) is 4. The number of rotatable bonds is 5. The van der Waals surface area contributed by atoms with Gasteiger partial charge in [0, 0.05) is 30.2 Å². The minimum Gasteiger partial charge on any atom is -0.345 e. The fourth-order valence-corrected chi connectivity index (χ4v) is 3.54. The van der Waals surface area contributed by atoms with Crippen LogP contribution in [0.25, 0.3) is 5.65 Å². The number of aryl methyl sites for hydroxylation is 3. The second-order valence-electron chi connectivity index (χ2n) is 6.70. The van der Waals surface area contributed by atoms with Crippen molar-refractivity contribution in [2.24, 2.45) is 0 Å². The molecule has 3 aromatic rings. The minimum atomic E-state index is -0.418. The lowest BCUT2D eigenvalue weighted by atomic mass is 10.0. The summed E-state index contributed by atoms with van der Waals surface area (Å²) in [5.74, 6) is -0.418. The normalized spacial score (nSPS) is 12.3. The van der Waals surface area contributed by atoms with E-state index in [1.165, 1.54) is 10.6 Å². The summed E-state index contributed by atoms with van der Waals surface area (Å²) >= 11 is 0. The number of amides is 1. The summed E-state index contributed by atoms with van der Waals surface area (Å²) in [5.41, 5.74) is 4.05. The molecule has 1 N–H and O–H groups in total. The summed E-state index contributed by atoms with van der Waals surface area (Å²) in [7, 11) is 0. The van der Waals surface area contributed by atoms with Crippen LogP contribution in [0, 0.1) is 20.8 Å². The number of nitrogens with one attached hydrogen (secondary N) is 1. The zero-order valence-corrected chi connectivity index (χ0v) is 16.4. The minimum absolute atomic E-state index is 0.0368. The second kappa shape index (κ2) is 7.34. The highest BCUT2D eigenvalue weighted by Crippen LogP contribution is 2.24. The molecule has 0 aliphatic heterocycles. The summed E-state index contributed by atoms with van der Waals surface area (Å²) in [6, 6.07) is 3.44. The van der Waals surface area contributed by atoms with E-state index in [1.807, 2.05) is 45.4 Å². The predicted octanol–water partition coefficient (Wildman–Crippen LogP) is 2.72. The van der Waals surface area contributed by atoms with Crippen molar-refractivity contribution in [1.29, 1.82) is 0 Å². The van der Waals surface area contributed by atoms with Gasteiger partial charge in [-0.05, 0) is 45.7 Å². The Morgan fingerprint density at radius 1 is 1.26 bits per heavy atom. The SMILES string of the molecule is CCC(NC(=O)c1cnc2c(C)cccn2c1=O)c1c(C)nn(CC)c1C. The van der Waals surface area contributed by atoms with Crippen LogP contribution in [0.1, 0.15) is 59.2 Å². The van der Waals surface area contributed by atoms with Crippen molar-refractivity contribution in [2.45, 2.75) is 53.6 Å². The van der Waals surface area contributed by atoms with Gasteiger partial charge in [-0.2, -0.15) is 5.10 Å². The average Bonchev–Trinajstić information content (AvgIpc) is 2.94. The third-order valence-corrected chi connectivity index (χ3v) is 4.97. The molecule has 0 radical (unpaired) electrons. The van der Waals surface area contributed by atoms with E-state index in [-0.39, 0.29) is 17.2 Å². The molecule has 0 fully saturated rings. The molecule has 7 nitrogen and oxygen atoms in total. The van der Waals surface area contributed by atoms with Crippen molar-refractivity contribution in [1.82, 2.24) is 24.5 Å². The molecule has 0 bridgehead atoms. The maximum Gasteiger partial charge on any atom is 0.270 e. The number of fused-ring (bicyclic) bond motifs is 1. The first kappa shape index (κ1) is 18.8. The van der Waals surface area contributed by atoms with Crippen molar-refractivity contribution in [3.63, 3.8) is 0 Å². The summed E-state index contributed by atoms with van der Waals surface area (Å²) in [5, 5.41) is 7.53. The molecule has 1 amide bonds.